The van der Waals surface area contributed by atoms with Crippen LogP contribution in [-0.4, -0.2) is 28.3 Å². The van der Waals surface area contributed by atoms with Gasteiger partial charge in [0, 0.05) is 19.1 Å². The average Bonchev–Trinajstić information content (AvgIpc) is 3.21. The molecule has 1 heterocycles. The van der Waals surface area contributed by atoms with Crippen molar-refractivity contribution in [2.24, 2.45) is 0 Å². The molecular weight excluding hydrogens is 348 g/mol. The second-order valence-corrected chi connectivity index (χ2v) is 7.30. The normalized spacial score (nSPS) is 11.1. The lowest BCUT2D eigenvalue weighted by Crippen LogP contribution is -2.42. The van der Waals surface area contributed by atoms with Gasteiger partial charge >= 0.3 is 0 Å². The summed E-state index contributed by atoms with van der Waals surface area (Å²) in [5, 5.41) is 0. The van der Waals surface area contributed by atoms with E-state index < -0.39 is 0 Å². The molecule has 4 heteroatoms. The number of hydrogen-bond acceptors (Lipinski definition) is 3. The van der Waals surface area contributed by atoms with Crippen molar-refractivity contribution >= 4 is 5.91 Å². The molecule has 0 saturated carbocycles. The zero-order chi connectivity index (χ0) is 19.8. The Bertz CT molecular complexity index is 830. The molecule has 28 heavy (non-hydrogen) atoms. The zero-order valence-electron chi connectivity index (χ0n) is 16.6. The summed E-state index contributed by atoms with van der Waals surface area (Å²) in [6, 6.07) is 24.4. The highest BCUT2D eigenvalue weighted by Crippen LogP contribution is 2.14. The van der Waals surface area contributed by atoms with Crippen LogP contribution in [0.3, 0.4) is 0 Å². The predicted octanol–water partition coefficient (Wildman–Crippen LogP) is 4.72. The predicted molar refractivity (Wildman–Crippen MR) is 111 cm³/mol. The summed E-state index contributed by atoms with van der Waals surface area (Å²) in [5.41, 5.74) is 2.33. The first-order valence-corrected chi connectivity index (χ1v) is 9.74. The molecule has 146 valence electrons. The number of carbonyl (C=O) groups is 1. The Kier molecular flexibility index (Phi) is 7.04. The number of nitrogens with zero attached hydrogens (tertiary/aromatic N) is 2. The molecule has 0 spiro atoms. The molecule has 0 aliphatic heterocycles. The van der Waals surface area contributed by atoms with E-state index in [2.05, 4.69) is 30.9 Å². The lowest BCUT2D eigenvalue weighted by molar-refractivity contribution is -0.134. The number of furan rings is 1. The van der Waals surface area contributed by atoms with E-state index in [0.717, 1.165) is 17.9 Å². The topological polar surface area (TPSA) is 36.7 Å². The molecule has 3 rings (SSSR count). The van der Waals surface area contributed by atoms with Crippen LogP contribution in [0.4, 0.5) is 0 Å². The van der Waals surface area contributed by atoms with Crippen LogP contribution in [0.2, 0.25) is 0 Å². The SMILES string of the molecule is CC(C)N(CC(=O)N(Cc1ccccc1)Cc1ccco1)Cc1ccccc1. The quantitative estimate of drug-likeness (QED) is 0.542. The van der Waals surface area contributed by atoms with Gasteiger partial charge in [0.15, 0.2) is 0 Å². The van der Waals surface area contributed by atoms with Crippen LogP contribution < -0.4 is 0 Å². The monoisotopic (exact) mass is 376 g/mol. The number of carbonyl (C=O) groups excluding carboxylic acids is 1. The van der Waals surface area contributed by atoms with Crippen molar-refractivity contribution in [1.82, 2.24) is 9.80 Å². The summed E-state index contributed by atoms with van der Waals surface area (Å²) < 4.78 is 5.49. The lowest BCUT2D eigenvalue weighted by Gasteiger charge is -2.29. The van der Waals surface area contributed by atoms with Crippen LogP contribution >= 0.6 is 0 Å². The Hall–Kier alpha value is -2.85. The Balaban J connectivity index is 1.72. The van der Waals surface area contributed by atoms with Crippen molar-refractivity contribution in [1.29, 1.82) is 0 Å². The molecule has 0 aliphatic rings. The molecule has 0 N–H and O–H groups in total. The molecule has 0 saturated heterocycles. The highest BCUT2D eigenvalue weighted by atomic mass is 16.3. The van der Waals surface area contributed by atoms with Crippen molar-refractivity contribution in [2.75, 3.05) is 6.54 Å². The van der Waals surface area contributed by atoms with Crippen LogP contribution in [-0.2, 0) is 24.4 Å². The van der Waals surface area contributed by atoms with Gasteiger partial charge in [0.05, 0.1) is 19.4 Å². The van der Waals surface area contributed by atoms with Gasteiger partial charge in [-0.2, -0.15) is 0 Å². The third-order valence-corrected chi connectivity index (χ3v) is 4.79. The Labute approximate surface area is 167 Å². The summed E-state index contributed by atoms with van der Waals surface area (Å²) >= 11 is 0. The van der Waals surface area contributed by atoms with Gasteiger partial charge in [-0.25, -0.2) is 0 Å². The summed E-state index contributed by atoms with van der Waals surface area (Å²) in [6.07, 6.45) is 1.65. The maximum atomic E-state index is 13.2. The molecule has 1 amide bonds. The lowest BCUT2D eigenvalue weighted by atomic mass is 10.1. The van der Waals surface area contributed by atoms with Gasteiger partial charge in [-0.3, -0.25) is 9.69 Å². The molecule has 0 aliphatic carbocycles. The molecule has 0 fully saturated rings. The van der Waals surface area contributed by atoms with E-state index >= 15 is 0 Å². The van der Waals surface area contributed by atoms with Gasteiger partial charge in [0.1, 0.15) is 5.76 Å². The van der Waals surface area contributed by atoms with Crippen molar-refractivity contribution in [2.45, 2.75) is 39.5 Å². The van der Waals surface area contributed by atoms with Gasteiger partial charge in [-0.05, 0) is 37.1 Å². The molecular formula is C24H28N2O2. The number of hydrogen-bond donors (Lipinski definition) is 0. The van der Waals surface area contributed by atoms with Gasteiger partial charge < -0.3 is 9.32 Å². The number of amides is 1. The summed E-state index contributed by atoms with van der Waals surface area (Å²) in [4.78, 5) is 17.3. The van der Waals surface area contributed by atoms with Crippen LogP contribution in [0.5, 0.6) is 0 Å². The fraction of sp³-hybridized carbons (Fsp3) is 0.292. The van der Waals surface area contributed by atoms with E-state index in [1.807, 2.05) is 65.6 Å². The smallest absolute Gasteiger partial charge is 0.237 e. The molecule has 1 aromatic heterocycles. The van der Waals surface area contributed by atoms with Gasteiger partial charge in [-0.15, -0.1) is 0 Å². The zero-order valence-corrected chi connectivity index (χ0v) is 16.6. The molecule has 4 nitrogen and oxygen atoms in total. The van der Waals surface area contributed by atoms with Crippen molar-refractivity contribution in [3.8, 4) is 0 Å². The van der Waals surface area contributed by atoms with Crippen LogP contribution in [0.15, 0.2) is 83.5 Å². The minimum absolute atomic E-state index is 0.102. The fourth-order valence-electron chi connectivity index (χ4n) is 3.14. The molecule has 3 aromatic rings. The number of benzene rings is 2. The van der Waals surface area contributed by atoms with Gasteiger partial charge in [-0.1, -0.05) is 60.7 Å². The van der Waals surface area contributed by atoms with E-state index in [9.17, 15) is 4.79 Å². The van der Waals surface area contributed by atoms with Crippen LogP contribution in [0.1, 0.15) is 30.7 Å². The highest BCUT2D eigenvalue weighted by Gasteiger charge is 2.21. The standard InChI is InChI=1S/C24H28N2O2/c1-20(2)25(16-21-10-5-3-6-11-21)19-24(27)26(18-23-14-9-15-28-23)17-22-12-7-4-8-13-22/h3-15,20H,16-19H2,1-2H3. The minimum atomic E-state index is 0.102. The molecule has 0 bridgehead atoms. The third kappa shape index (κ3) is 5.83. The summed E-state index contributed by atoms with van der Waals surface area (Å²) in [5.74, 6) is 0.897. The van der Waals surface area contributed by atoms with Gasteiger partial charge in [0.2, 0.25) is 5.91 Å². The molecule has 0 atom stereocenters. The van der Waals surface area contributed by atoms with Crippen molar-refractivity contribution in [3.63, 3.8) is 0 Å². The Morgan fingerprint density at radius 2 is 1.43 bits per heavy atom. The maximum absolute atomic E-state index is 13.2. The van der Waals surface area contributed by atoms with Crippen molar-refractivity contribution in [3.05, 3.63) is 95.9 Å². The maximum Gasteiger partial charge on any atom is 0.237 e. The first-order valence-electron chi connectivity index (χ1n) is 9.74. The van der Waals surface area contributed by atoms with E-state index in [0.29, 0.717) is 19.6 Å². The largest absolute Gasteiger partial charge is 0.467 e. The summed E-state index contributed by atoms with van der Waals surface area (Å²) in [7, 11) is 0. The number of rotatable bonds is 9. The molecule has 0 radical (unpaired) electrons. The third-order valence-electron chi connectivity index (χ3n) is 4.79. The fourth-order valence-corrected chi connectivity index (χ4v) is 3.14. The Morgan fingerprint density at radius 1 is 0.821 bits per heavy atom. The van der Waals surface area contributed by atoms with E-state index in [1.54, 1.807) is 6.26 Å². The first-order chi connectivity index (χ1) is 13.6. The van der Waals surface area contributed by atoms with Crippen LogP contribution in [0.25, 0.3) is 0 Å². The second-order valence-electron chi connectivity index (χ2n) is 7.30. The van der Waals surface area contributed by atoms with E-state index in [4.69, 9.17) is 4.42 Å². The van der Waals surface area contributed by atoms with Crippen molar-refractivity contribution < 1.29 is 9.21 Å². The minimum Gasteiger partial charge on any atom is -0.467 e. The van der Waals surface area contributed by atoms with Gasteiger partial charge in [0.25, 0.3) is 0 Å². The Morgan fingerprint density at radius 3 is 1.96 bits per heavy atom. The molecule has 0 unspecified atom stereocenters. The second kappa shape index (κ2) is 9.90. The summed E-state index contributed by atoms with van der Waals surface area (Å²) in [6.45, 7) is 6.43. The van der Waals surface area contributed by atoms with E-state index in [1.165, 1.54) is 5.56 Å². The molecule has 2 aromatic carbocycles. The van der Waals surface area contributed by atoms with Crippen LogP contribution in [0, 0.1) is 0 Å². The average molecular weight is 377 g/mol. The highest BCUT2D eigenvalue weighted by molar-refractivity contribution is 5.78. The van der Waals surface area contributed by atoms with E-state index in [-0.39, 0.29) is 11.9 Å². The first kappa shape index (κ1) is 19.9.